The van der Waals surface area contributed by atoms with Crippen LogP contribution in [-0.2, 0) is 16.1 Å². The molecule has 0 aliphatic rings. The Balaban J connectivity index is 1.91. The van der Waals surface area contributed by atoms with Crippen molar-refractivity contribution < 1.29 is 14.0 Å². The van der Waals surface area contributed by atoms with Crippen molar-refractivity contribution in [2.24, 2.45) is 0 Å². The standard InChI is InChI=1S/C18H17Cl2FN2O2/c1-12(24)23(15-6-7-17(21)16(20)10-15)9-8-18(25)22-11-13-2-4-14(19)5-3-13/h2-7,10H,8-9,11H2,1H3,(H,22,25). The third-order valence-electron chi connectivity index (χ3n) is 3.56. The van der Waals surface area contributed by atoms with E-state index in [9.17, 15) is 14.0 Å². The van der Waals surface area contributed by atoms with E-state index < -0.39 is 5.82 Å². The first-order valence-electron chi connectivity index (χ1n) is 7.61. The molecule has 0 saturated heterocycles. The van der Waals surface area contributed by atoms with E-state index in [1.165, 1.54) is 30.0 Å². The molecule has 2 aromatic rings. The maximum Gasteiger partial charge on any atom is 0.223 e. The predicted octanol–water partition coefficient (Wildman–Crippen LogP) is 4.19. The number of benzene rings is 2. The highest BCUT2D eigenvalue weighted by atomic mass is 35.5. The molecular formula is C18H17Cl2FN2O2. The van der Waals surface area contributed by atoms with Gasteiger partial charge in [0.2, 0.25) is 11.8 Å². The Morgan fingerprint density at radius 2 is 1.80 bits per heavy atom. The number of halogens is 3. The molecule has 2 amide bonds. The van der Waals surface area contributed by atoms with Crippen molar-refractivity contribution in [3.8, 4) is 0 Å². The Morgan fingerprint density at radius 3 is 2.40 bits per heavy atom. The largest absolute Gasteiger partial charge is 0.352 e. The van der Waals surface area contributed by atoms with E-state index in [4.69, 9.17) is 23.2 Å². The summed E-state index contributed by atoms with van der Waals surface area (Å²) in [5, 5.41) is 3.34. The summed E-state index contributed by atoms with van der Waals surface area (Å²) in [6.07, 6.45) is 0.113. The lowest BCUT2D eigenvalue weighted by molar-refractivity contribution is -0.121. The van der Waals surface area contributed by atoms with E-state index in [0.717, 1.165) is 5.56 Å². The predicted molar refractivity (Wildman–Crippen MR) is 97.4 cm³/mol. The van der Waals surface area contributed by atoms with E-state index >= 15 is 0 Å². The molecule has 2 aromatic carbocycles. The Bertz CT molecular complexity index is 766. The Labute approximate surface area is 155 Å². The van der Waals surface area contributed by atoms with E-state index in [1.54, 1.807) is 12.1 Å². The quantitative estimate of drug-likeness (QED) is 0.813. The molecule has 0 spiro atoms. The summed E-state index contributed by atoms with van der Waals surface area (Å²) >= 11 is 11.6. The van der Waals surface area contributed by atoms with Crippen molar-refractivity contribution >= 4 is 40.7 Å². The molecule has 0 aliphatic carbocycles. The smallest absolute Gasteiger partial charge is 0.223 e. The van der Waals surface area contributed by atoms with Crippen LogP contribution < -0.4 is 10.2 Å². The third-order valence-corrected chi connectivity index (χ3v) is 4.10. The van der Waals surface area contributed by atoms with Gasteiger partial charge in [-0.1, -0.05) is 35.3 Å². The second-order valence-electron chi connectivity index (χ2n) is 5.42. The van der Waals surface area contributed by atoms with Gasteiger partial charge in [-0.15, -0.1) is 0 Å². The van der Waals surface area contributed by atoms with Gasteiger partial charge in [-0.25, -0.2) is 4.39 Å². The van der Waals surface area contributed by atoms with Crippen LogP contribution >= 0.6 is 23.2 Å². The van der Waals surface area contributed by atoms with Crippen molar-refractivity contribution in [2.45, 2.75) is 19.9 Å². The zero-order chi connectivity index (χ0) is 18.4. The van der Waals surface area contributed by atoms with E-state index in [0.29, 0.717) is 17.3 Å². The van der Waals surface area contributed by atoms with Crippen LogP contribution in [0.2, 0.25) is 10.0 Å². The summed E-state index contributed by atoms with van der Waals surface area (Å²) in [6, 6.07) is 11.2. The van der Waals surface area contributed by atoms with Crippen LogP contribution in [0.4, 0.5) is 10.1 Å². The van der Waals surface area contributed by atoms with Gasteiger partial charge in [0.15, 0.2) is 0 Å². The van der Waals surface area contributed by atoms with Crippen LogP contribution in [-0.4, -0.2) is 18.4 Å². The van der Waals surface area contributed by atoms with E-state index in [-0.39, 0.29) is 29.8 Å². The lowest BCUT2D eigenvalue weighted by atomic mass is 10.2. The van der Waals surface area contributed by atoms with E-state index in [1.807, 2.05) is 12.1 Å². The van der Waals surface area contributed by atoms with Crippen LogP contribution in [0.25, 0.3) is 0 Å². The number of amides is 2. The highest BCUT2D eigenvalue weighted by Crippen LogP contribution is 2.23. The number of carbonyl (C=O) groups excluding carboxylic acids is 2. The molecule has 7 heteroatoms. The number of anilines is 1. The van der Waals surface area contributed by atoms with Crippen molar-refractivity contribution in [1.29, 1.82) is 0 Å². The summed E-state index contributed by atoms with van der Waals surface area (Å²) in [4.78, 5) is 25.2. The Kier molecular flexibility index (Phi) is 6.79. The van der Waals surface area contributed by atoms with Crippen molar-refractivity contribution in [3.63, 3.8) is 0 Å². The molecule has 0 aromatic heterocycles. The molecule has 0 atom stereocenters. The zero-order valence-corrected chi connectivity index (χ0v) is 15.1. The van der Waals surface area contributed by atoms with Crippen LogP contribution in [0, 0.1) is 5.82 Å². The lowest BCUT2D eigenvalue weighted by Gasteiger charge is -2.21. The Morgan fingerprint density at radius 1 is 1.12 bits per heavy atom. The Hall–Kier alpha value is -2.11. The number of carbonyl (C=O) groups is 2. The maximum atomic E-state index is 13.3. The van der Waals surface area contributed by atoms with E-state index in [2.05, 4.69) is 5.32 Å². The fourth-order valence-electron chi connectivity index (χ4n) is 2.23. The third kappa shape index (κ3) is 5.73. The van der Waals surface area contributed by atoms with Crippen molar-refractivity contribution in [1.82, 2.24) is 5.32 Å². The average Bonchev–Trinajstić information content (AvgIpc) is 2.57. The normalized spacial score (nSPS) is 10.4. The first kappa shape index (κ1) is 19.2. The van der Waals surface area contributed by atoms with Crippen LogP contribution in [0.3, 0.4) is 0 Å². The maximum absolute atomic E-state index is 13.3. The van der Waals surface area contributed by atoms with Gasteiger partial charge in [-0.3, -0.25) is 9.59 Å². The molecule has 0 bridgehead atoms. The zero-order valence-electron chi connectivity index (χ0n) is 13.6. The summed E-state index contributed by atoms with van der Waals surface area (Å²) in [7, 11) is 0. The van der Waals surface area contributed by atoms with Gasteiger partial charge in [-0.2, -0.15) is 0 Å². The van der Waals surface area contributed by atoms with Gasteiger partial charge in [0.05, 0.1) is 5.02 Å². The number of hydrogen-bond acceptors (Lipinski definition) is 2. The lowest BCUT2D eigenvalue weighted by Crippen LogP contribution is -2.33. The van der Waals surface area contributed by atoms with Crippen molar-refractivity contribution in [3.05, 3.63) is 63.9 Å². The minimum absolute atomic E-state index is 0.0732. The van der Waals surface area contributed by atoms with Gasteiger partial charge >= 0.3 is 0 Å². The minimum Gasteiger partial charge on any atom is -0.352 e. The van der Waals surface area contributed by atoms with Crippen LogP contribution in [0.1, 0.15) is 18.9 Å². The van der Waals surface area contributed by atoms with Gasteiger partial charge in [0, 0.05) is 37.1 Å². The SMILES string of the molecule is CC(=O)N(CCC(=O)NCc1ccc(Cl)cc1)c1ccc(F)c(Cl)c1. The molecule has 2 rings (SSSR count). The highest BCUT2D eigenvalue weighted by Gasteiger charge is 2.15. The first-order chi connectivity index (χ1) is 11.9. The summed E-state index contributed by atoms with van der Waals surface area (Å²) in [5.74, 6) is -1.02. The molecule has 25 heavy (non-hydrogen) atoms. The molecule has 0 fully saturated rings. The molecule has 1 N–H and O–H groups in total. The molecule has 0 radical (unpaired) electrons. The fraction of sp³-hybridized carbons (Fsp3) is 0.222. The minimum atomic E-state index is -0.561. The van der Waals surface area contributed by atoms with Crippen LogP contribution in [0.15, 0.2) is 42.5 Å². The number of rotatable bonds is 6. The second kappa shape index (κ2) is 8.83. The second-order valence-corrected chi connectivity index (χ2v) is 6.27. The van der Waals surface area contributed by atoms with Crippen molar-refractivity contribution in [2.75, 3.05) is 11.4 Å². The monoisotopic (exact) mass is 382 g/mol. The van der Waals surface area contributed by atoms with Crippen LogP contribution in [0.5, 0.6) is 0 Å². The van der Waals surface area contributed by atoms with Gasteiger partial charge in [0.1, 0.15) is 5.82 Å². The number of hydrogen-bond donors (Lipinski definition) is 1. The molecule has 0 aliphatic heterocycles. The summed E-state index contributed by atoms with van der Waals surface area (Å²) in [5.41, 5.74) is 1.37. The first-order valence-corrected chi connectivity index (χ1v) is 8.36. The van der Waals surface area contributed by atoms with Gasteiger partial charge < -0.3 is 10.2 Å². The highest BCUT2D eigenvalue weighted by molar-refractivity contribution is 6.31. The topological polar surface area (TPSA) is 49.4 Å². The van der Waals surface area contributed by atoms with Gasteiger partial charge in [-0.05, 0) is 35.9 Å². The molecule has 0 unspecified atom stereocenters. The fourth-order valence-corrected chi connectivity index (χ4v) is 2.53. The number of nitrogens with one attached hydrogen (secondary N) is 1. The molecule has 0 heterocycles. The average molecular weight is 383 g/mol. The molecule has 0 saturated carbocycles. The molecule has 4 nitrogen and oxygen atoms in total. The number of nitrogens with zero attached hydrogens (tertiary/aromatic N) is 1. The molecule has 132 valence electrons. The summed E-state index contributed by atoms with van der Waals surface area (Å²) in [6.45, 7) is 1.92. The summed E-state index contributed by atoms with van der Waals surface area (Å²) < 4.78 is 13.3. The molecular weight excluding hydrogens is 366 g/mol. The van der Waals surface area contributed by atoms with Gasteiger partial charge in [0.25, 0.3) is 0 Å².